The number of benzene rings is 3. The zero-order valence-corrected chi connectivity index (χ0v) is 33.9. The van der Waals surface area contributed by atoms with Gasteiger partial charge in [-0.05, 0) is 99.7 Å². The normalized spacial score (nSPS) is 12.8. The van der Waals surface area contributed by atoms with Gasteiger partial charge in [0.25, 0.3) is 0 Å². The second kappa shape index (κ2) is 27.5. The standard InChI is InChI=1S/C43H60N8O9/c44-24-10-7-17-34(50-42(57)59-28-31-13-3-1-4-14-31)39(54)47-26-12-9-19-35(40(55)49-37(38(46)53)27-30-20-22-33(52)23-21-30)48-41(56)36(18-8-11-25-45)51-43(58)60-29-32-15-5-2-6-16-32/h1-6,13-16,20-23,34-37,52H,7-12,17-19,24-29,44-45H2,(H2,46,53)(H,47,54)(H,48,56)(H,49,55)(H,50,57)(H,51,58)/t34-,35-,36-,37-/m0/s1. The molecule has 12 N–H and O–H groups in total. The van der Waals surface area contributed by atoms with E-state index in [1.807, 2.05) is 36.4 Å². The maximum atomic E-state index is 13.8. The van der Waals surface area contributed by atoms with Crippen molar-refractivity contribution in [2.75, 3.05) is 19.6 Å². The number of hydrogen-bond acceptors (Lipinski definition) is 11. The Morgan fingerprint density at radius 2 is 0.950 bits per heavy atom. The maximum absolute atomic E-state index is 13.8. The van der Waals surface area contributed by atoms with Crippen LogP contribution in [0, 0.1) is 0 Å². The molecular weight excluding hydrogens is 773 g/mol. The van der Waals surface area contributed by atoms with Gasteiger partial charge in [0.1, 0.15) is 43.1 Å². The maximum Gasteiger partial charge on any atom is 0.408 e. The van der Waals surface area contributed by atoms with E-state index >= 15 is 0 Å². The number of aromatic hydroxyl groups is 1. The van der Waals surface area contributed by atoms with Crippen LogP contribution in [0.4, 0.5) is 9.59 Å². The molecule has 0 unspecified atom stereocenters. The first-order valence-corrected chi connectivity index (χ1v) is 20.3. The molecule has 0 saturated heterocycles. The Hall–Kier alpha value is -6.20. The van der Waals surface area contributed by atoms with Crippen LogP contribution in [-0.4, -0.2) is 84.7 Å². The van der Waals surface area contributed by atoms with Crippen LogP contribution in [-0.2, 0) is 48.3 Å². The highest BCUT2D eigenvalue weighted by molar-refractivity contribution is 5.93. The van der Waals surface area contributed by atoms with E-state index < -0.39 is 60.0 Å². The second-order valence-electron chi connectivity index (χ2n) is 14.3. The van der Waals surface area contributed by atoms with E-state index in [-0.39, 0.29) is 44.8 Å². The van der Waals surface area contributed by atoms with Crippen molar-refractivity contribution in [2.45, 2.75) is 102 Å². The fraction of sp³-hybridized carbons (Fsp3) is 0.442. The van der Waals surface area contributed by atoms with Gasteiger partial charge in [-0.15, -0.1) is 0 Å². The van der Waals surface area contributed by atoms with Crippen LogP contribution < -0.4 is 43.8 Å². The van der Waals surface area contributed by atoms with Gasteiger partial charge < -0.3 is 58.4 Å². The lowest BCUT2D eigenvalue weighted by atomic mass is 10.0. The summed E-state index contributed by atoms with van der Waals surface area (Å²) >= 11 is 0. The van der Waals surface area contributed by atoms with Gasteiger partial charge in [0.2, 0.25) is 23.6 Å². The van der Waals surface area contributed by atoms with Crippen LogP contribution in [0.5, 0.6) is 5.75 Å². The highest BCUT2D eigenvalue weighted by atomic mass is 16.6. The van der Waals surface area contributed by atoms with Crippen LogP contribution in [0.2, 0.25) is 0 Å². The first-order chi connectivity index (χ1) is 29.0. The Balaban J connectivity index is 1.67. The van der Waals surface area contributed by atoms with Gasteiger partial charge in [-0.2, -0.15) is 0 Å². The fourth-order valence-electron chi connectivity index (χ4n) is 6.05. The molecule has 4 atom stereocenters. The number of amides is 6. The van der Waals surface area contributed by atoms with Gasteiger partial charge in [0.15, 0.2) is 0 Å². The Morgan fingerprint density at radius 3 is 1.42 bits per heavy atom. The van der Waals surface area contributed by atoms with Gasteiger partial charge in [-0.3, -0.25) is 19.2 Å². The summed E-state index contributed by atoms with van der Waals surface area (Å²) in [5, 5.41) is 23.1. The molecule has 0 aliphatic carbocycles. The number of unbranched alkanes of at least 4 members (excludes halogenated alkanes) is 3. The summed E-state index contributed by atoms with van der Waals surface area (Å²) in [6.45, 7) is 0.986. The van der Waals surface area contributed by atoms with Gasteiger partial charge >= 0.3 is 12.2 Å². The molecule has 326 valence electrons. The molecule has 17 heteroatoms. The Bertz CT molecular complexity index is 1770. The summed E-state index contributed by atoms with van der Waals surface area (Å²) in [6.07, 6.45) is 2.09. The first kappa shape index (κ1) is 48.2. The number of ether oxygens (including phenoxy) is 2. The van der Waals surface area contributed by atoms with E-state index in [1.54, 1.807) is 36.4 Å². The number of nitrogens with one attached hydrogen (secondary N) is 5. The number of primary amides is 1. The highest BCUT2D eigenvalue weighted by Crippen LogP contribution is 2.13. The summed E-state index contributed by atoms with van der Waals surface area (Å²) < 4.78 is 10.7. The topological polar surface area (TPSA) is 279 Å². The molecule has 60 heavy (non-hydrogen) atoms. The molecule has 0 aliphatic heterocycles. The molecule has 0 radical (unpaired) electrons. The van der Waals surface area contributed by atoms with E-state index in [0.717, 1.165) is 11.1 Å². The Labute approximate surface area is 350 Å². The largest absolute Gasteiger partial charge is 0.508 e. The number of phenolic OH excluding ortho intramolecular Hbond substituents is 1. The summed E-state index contributed by atoms with van der Waals surface area (Å²) in [4.78, 5) is 78.7. The SMILES string of the molecule is NCCCC[C@H](NC(=O)OCc1ccccc1)C(=O)NCCCC[C@H](NC(=O)[C@H](CCCCN)NC(=O)OCc1ccccc1)C(=O)N[C@@H](Cc1ccc(O)cc1)C(N)=O. The van der Waals surface area contributed by atoms with Crippen LogP contribution in [0.25, 0.3) is 0 Å². The molecular formula is C43H60N8O9. The van der Waals surface area contributed by atoms with E-state index in [1.165, 1.54) is 12.1 Å². The zero-order valence-electron chi connectivity index (χ0n) is 33.9. The molecule has 0 bridgehead atoms. The molecule has 17 nitrogen and oxygen atoms in total. The van der Waals surface area contributed by atoms with Crippen molar-refractivity contribution in [1.29, 1.82) is 0 Å². The molecule has 0 fully saturated rings. The lowest BCUT2D eigenvalue weighted by Crippen LogP contribution is -2.56. The third kappa shape index (κ3) is 19.0. The number of phenols is 1. The second-order valence-corrected chi connectivity index (χ2v) is 14.3. The predicted octanol–water partition coefficient (Wildman–Crippen LogP) is 2.52. The molecule has 3 aromatic rings. The molecule has 3 aromatic carbocycles. The number of rotatable bonds is 27. The van der Waals surface area contributed by atoms with Gasteiger partial charge in [-0.25, -0.2) is 9.59 Å². The highest BCUT2D eigenvalue weighted by Gasteiger charge is 2.29. The molecule has 0 heterocycles. The monoisotopic (exact) mass is 832 g/mol. The third-order valence-electron chi connectivity index (χ3n) is 9.42. The quantitative estimate of drug-likeness (QED) is 0.0504. The van der Waals surface area contributed by atoms with Gasteiger partial charge in [0, 0.05) is 13.0 Å². The van der Waals surface area contributed by atoms with Crippen LogP contribution in [0.15, 0.2) is 84.9 Å². The average molecular weight is 833 g/mol. The van der Waals surface area contributed by atoms with E-state index in [4.69, 9.17) is 26.7 Å². The first-order valence-electron chi connectivity index (χ1n) is 20.3. The van der Waals surface area contributed by atoms with Crippen molar-refractivity contribution in [1.82, 2.24) is 26.6 Å². The van der Waals surface area contributed by atoms with E-state index in [2.05, 4.69) is 26.6 Å². The van der Waals surface area contributed by atoms with Crippen LogP contribution in [0.1, 0.15) is 74.5 Å². The number of hydrogen-bond donors (Lipinski definition) is 9. The molecule has 6 amide bonds. The van der Waals surface area contributed by atoms with Crippen molar-refractivity contribution < 1.29 is 43.3 Å². The van der Waals surface area contributed by atoms with Crippen LogP contribution >= 0.6 is 0 Å². The fourth-order valence-corrected chi connectivity index (χ4v) is 6.05. The minimum atomic E-state index is -1.18. The van der Waals surface area contributed by atoms with Crippen molar-refractivity contribution in [3.05, 3.63) is 102 Å². The predicted molar refractivity (Wildman–Crippen MR) is 225 cm³/mol. The molecule has 0 saturated carbocycles. The van der Waals surface area contributed by atoms with E-state index in [0.29, 0.717) is 63.6 Å². The smallest absolute Gasteiger partial charge is 0.408 e. The van der Waals surface area contributed by atoms with Crippen LogP contribution in [0.3, 0.4) is 0 Å². The molecule has 0 aliphatic rings. The Morgan fingerprint density at radius 1 is 0.517 bits per heavy atom. The molecule has 0 aromatic heterocycles. The molecule has 3 rings (SSSR count). The lowest BCUT2D eigenvalue weighted by Gasteiger charge is -2.25. The van der Waals surface area contributed by atoms with Crippen molar-refractivity contribution in [3.63, 3.8) is 0 Å². The van der Waals surface area contributed by atoms with E-state index in [9.17, 15) is 33.9 Å². The summed E-state index contributed by atoms with van der Waals surface area (Å²) in [7, 11) is 0. The number of carbonyl (C=O) groups excluding carboxylic acids is 6. The zero-order chi connectivity index (χ0) is 43.5. The number of alkyl carbamates (subject to hydrolysis) is 2. The minimum absolute atomic E-state index is 0.0187. The minimum Gasteiger partial charge on any atom is -0.508 e. The number of nitrogens with two attached hydrogens (primary N) is 3. The van der Waals surface area contributed by atoms with Gasteiger partial charge in [0.05, 0.1) is 0 Å². The lowest BCUT2D eigenvalue weighted by molar-refractivity contribution is -0.132. The Kier molecular flexibility index (Phi) is 22.1. The number of carbonyl (C=O) groups is 6. The van der Waals surface area contributed by atoms with Crippen molar-refractivity contribution in [2.24, 2.45) is 17.2 Å². The van der Waals surface area contributed by atoms with Crippen molar-refractivity contribution >= 4 is 35.8 Å². The molecule has 0 spiro atoms. The summed E-state index contributed by atoms with van der Waals surface area (Å²) in [5.74, 6) is -2.56. The summed E-state index contributed by atoms with van der Waals surface area (Å²) in [6, 6.07) is 19.9. The summed E-state index contributed by atoms with van der Waals surface area (Å²) in [5.41, 5.74) is 19.2. The average Bonchev–Trinajstić information content (AvgIpc) is 3.24. The van der Waals surface area contributed by atoms with Crippen molar-refractivity contribution in [3.8, 4) is 5.75 Å². The third-order valence-corrected chi connectivity index (χ3v) is 9.42. The van der Waals surface area contributed by atoms with Gasteiger partial charge in [-0.1, -0.05) is 72.8 Å².